The summed E-state index contributed by atoms with van der Waals surface area (Å²) >= 11 is 1.69. The molecule has 0 aliphatic carbocycles. The van der Waals surface area contributed by atoms with Crippen LogP contribution in [0.4, 0.5) is 11.4 Å². The zero-order chi connectivity index (χ0) is 27.8. The Labute approximate surface area is 235 Å². The second-order valence-electron chi connectivity index (χ2n) is 11.5. The Morgan fingerprint density at radius 2 is 1.64 bits per heavy atom. The molecule has 5 rings (SSSR count). The van der Waals surface area contributed by atoms with Crippen LogP contribution in [-0.2, 0) is 14.4 Å². The van der Waals surface area contributed by atoms with Gasteiger partial charge in [-0.15, -0.1) is 11.8 Å². The number of hydrogen-bond donors (Lipinski definition) is 3. The summed E-state index contributed by atoms with van der Waals surface area (Å²) in [7, 11) is 0. The molecule has 2 aromatic rings. The molecule has 3 amide bonds. The molecule has 39 heavy (non-hydrogen) atoms. The molecule has 3 aliphatic rings. The number of anilines is 2. The lowest BCUT2D eigenvalue weighted by Crippen LogP contribution is -2.52. The zero-order valence-electron chi connectivity index (χ0n) is 23.0. The minimum absolute atomic E-state index is 0.0806. The van der Waals surface area contributed by atoms with Crippen LogP contribution in [0.2, 0.25) is 0 Å². The van der Waals surface area contributed by atoms with E-state index < -0.39 is 27.4 Å². The first kappa shape index (κ1) is 27.7. The monoisotopic (exact) mass is 549 g/mol. The average Bonchev–Trinajstić information content (AvgIpc) is 3.47. The molecule has 8 heteroatoms. The number of hydrogen-bond acceptors (Lipinski definition) is 5. The quantitative estimate of drug-likeness (QED) is 0.366. The maximum Gasteiger partial charge on any atom is 0.248 e. The summed E-state index contributed by atoms with van der Waals surface area (Å²) < 4.78 is -1.06. The summed E-state index contributed by atoms with van der Waals surface area (Å²) in [6.07, 6.45) is 4.74. The number of nitrogens with zero attached hydrogens (tertiary/aromatic N) is 1. The van der Waals surface area contributed by atoms with Crippen molar-refractivity contribution in [2.75, 3.05) is 23.8 Å². The maximum absolute atomic E-state index is 14.2. The van der Waals surface area contributed by atoms with Crippen molar-refractivity contribution in [2.45, 2.75) is 74.8 Å². The Kier molecular flexibility index (Phi) is 7.80. The van der Waals surface area contributed by atoms with Gasteiger partial charge in [-0.3, -0.25) is 14.4 Å². The van der Waals surface area contributed by atoms with Crippen LogP contribution in [0.5, 0.6) is 0 Å². The zero-order valence-corrected chi connectivity index (χ0v) is 23.9. The predicted molar refractivity (Wildman–Crippen MR) is 156 cm³/mol. The van der Waals surface area contributed by atoms with Crippen molar-refractivity contribution in [1.29, 1.82) is 0 Å². The van der Waals surface area contributed by atoms with E-state index in [1.807, 2.05) is 62.4 Å². The predicted octanol–water partition coefficient (Wildman–Crippen LogP) is 4.91. The summed E-state index contributed by atoms with van der Waals surface area (Å²) in [5, 5.41) is 15.4. The molecule has 3 heterocycles. The number of amides is 3. The highest BCUT2D eigenvalue weighted by molar-refractivity contribution is 8.02. The van der Waals surface area contributed by atoms with Crippen molar-refractivity contribution in [3.8, 4) is 0 Å². The Balaban J connectivity index is 1.47. The van der Waals surface area contributed by atoms with Gasteiger partial charge in [0, 0.05) is 29.3 Å². The van der Waals surface area contributed by atoms with Crippen LogP contribution >= 0.6 is 11.8 Å². The van der Waals surface area contributed by atoms with E-state index in [9.17, 15) is 14.4 Å². The molecule has 0 radical (unpaired) electrons. The molecule has 1 spiro atoms. The average molecular weight is 550 g/mol. The fourth-order valence-corrected chi connectivity index (χ4v) is 9.42. The number of carbonyl (C=O) groups is 3. The number of carbonyl (C=O) groups excluding carboxylic acids is 3. The van der Waals surface area contributed by atoms with Crippen LogP contribution < -0.4 is 10.6 Å². The number of unbranched alkanes of at least 4 members (excludes halogenated alkanes) is 3. The van der Waals surface area contributed by atoms with Crippen molar-refractivity contribution in [3.63, 3.8) is 0 Å². The van der Waals surface area contributed by atoms with Crippen LogP contribution in [0.1, 0.15) is 56.6 Å². The first-order valence-corrected chi connectivity index (χ1v) is 14.9. The normalized spacial score (nSPS) is 29.0. The Bertz CT molecular complexity index is 1230. The number of nitrogens with one attached hydrogen (secondary N) is 2. The van der Waals surface area contributed by atoms with Crippen LogP contribution in [0.3, 0.4) is 0 Å². The third kappa shape index (κ3) is 4.86. The number of rotatable bonds is 10. The van der Waals surface area contributed by atoms with E-state index in [-0.39, 0.29) is 24.3 Å². The fraction of sp³-hybridized carbons (Fsp3) is 0.516. The minimum Gasteiger partial charge on any atom is -0.396 e. The van der Waals surface area contributed by atoms with E-state index >= 15 is 0 Å². The van der Waals surface area contributed by atoms with E-state index in [0.717, 1.165) is 55.3 Å². The number of aliphatic hydroxyl groups is 1. The third-order valence-corrected chi connectivity index (χ3v) is 10.9. The van der Waals surface area contributed by atoms with Crippen LogP contribution in [0, 0.1) is 25.7 Å². The Morgan fingerprint density at radius 1 is 0.949 bits per heavy atom. The van der Waals surface area contributed by atoms with E-state index in [2.05, 4.69) is 17.6 Å². The summed E-state index contributed by atoms with van der Waals surface area (Å²) in [6, 6.07) is 14.6. The molecule has 7 nitrogen and oxygen atoms in total. The molecule has 2 bridgehead atoms. The van der Waals surface area contributed by atoms with Crippen molar-refractivity contribution < 1.29 is 19.5 Å². The number of likely N-dealkylation sites (tertiary alicyclic amines) is 1. The first-order chi connectivity index (χ1) is 18.7. The standard InChI is InChI=1S/C31H39N3O4S/c1-20-12-11-13-21(2)25(20)33-28(37)26-31-17-16-30(3,39-31)23(27(36)32-22-14-7-6-8-15-22)24(31)29(38)34(26)18-9-4-5-10-19-35/h6-8,11-15,23-24,26,35H,4-5,9-10,16-19H2,1-3H3,(H,32,36)(H,33,37)/t23-,24-,26?,30+,31?/m0/s1. The number of fused-ring (bicyclic) bond motifs is 1. The maximum atomic E-state index is 14.2. The molecule has 5 atom stereocenters. The van der Waals surface area contributed by atoms with Crippen molar-refractivity contribution in [2.24, 2.45) is 11.8 Å². The topological polar surface area (TPSA) is 98.7 Å². The highest BCUT2D eigenvalue weighted by atomic mass is 32.2. The lowest BCUT2D eigenvalue weighted by molar-refractivity contribution is -0.139. The Morgan fingerprint density at radius 3 is 2.33 bits per heavy atom. The van der Waals surface area contributed by atoms with Gasteiger partial charge in [0.15, 0.2) is 0 Å². The van der Waals surface area contributed by atoms with Gasteiger partial charge in [-0.25, -0.2) is 0 Å². The van der Waals surface area contributed by atoms with Gasteiger partial charge in [0.05, 0.1) is 16.6 Å². The molecule has 0 aromatic heterocycles. The molecule has 2 aromatic carbocycles. The summed E-state index contributed by atoms with van der Waals surface area (Å²) in [5.41, 5.74) is 3.46. The molecule has 208 valence electrons. The van der Waals surface area contributed by atoms with Gasteiger partial charge in [0.1, 0.15) is 6.04 Å². The number of thioether (sulfide) groups is 1. The van der Waals surface area contributed by atoms with E-state index in [0.29, 0.717) is 12.2 Å². The summed E-state index contributed by atoms with van der Waals surface area (Å²) in [5.74, 6) is -1.45. The van der Waals surface area contributed by atoms with Gasteiger partial charge < -0.3 is 20.6 Å². The SMILES string of the molecule is Cc1cccc(C)c1NC(=O)C1N(CCCCCCO)C(=O)[C@@H]2[C@@H](C(=O)Nc3ccccc3)[C@@]3(C)CCC12S3. The number of aliphatic hydroxyl groups excluding tert-OH is 1. The number of aryl methyl sites for hydroxylation is 2. The van der Waals surface area contributed by atoms with E-state index in [4.69, 9.17) is 5.11 Å². The molecule has 3 aliphatic heterocycles. The summed E-state index contributed by atoms with van der Waals surface area (Å²) in [6.45, 7) is 6.67. The van der Waals surface area contributed by atoms with Gasteiger partial charge in [-0.05, 0) is 69.7 Å². The molecular weight excluding hydrogens is 510 g/mol. The van der Waals surface area contributed by atoms with Crippen LogP contribution in [0.25, 0.3) is 0 Å². The largest absolute Gasteiger partial charge is 0.396 e. The summed E-state index contributed by atoms with van der Waals surface area (Å²) in [4.78, 5) is 43.9. The van der Waals surface area contributed by atoms with E-state index in [1.165, 1.54) is 0 Å². The van der Waals surface area contributed by atoms with Gasteiger partial charge in [0.2, 0.25) is 17.7 Å². The highest BCUT2D eigenvalue weighted by Gasteiger charge is 2.77. The minimum atomic E-state index is -0.645. The van der Waals surface area contributed by atoms with Gasteiger partial charge in [-0.2, -0.15) is 0 Å². The first-order valence-electron chi connectivity index (χ1n) is 14.1. The van der Waals surface area contributed by atoms with Gasteiger partial charge in [0.25, 0.3) is 0 Å². The lowest BCUT2D eigenvalue weighted by Gasteiger charge is -2.35. The highest BCUT2D eigenvalue weighted by Crippen LogP contribution is 2.71. The number of para-hydroxylation sites is 2. The molecule has 2 unspecified atom stereocenters. The van der Waals surface area contributed by atoms with Gasteiger partial charge >= 0.3 is 0 Å². The van der Waals surface area contributed by atoms with Gasteiger partial charge in [-0.1, -0.05) is 49.2 Å². The Hall–Kier alpha value is -2.84. The molecule has 3 fully saturated rings. The van der Waals surface area contributed by atoms with Crippen LogP contribution in [0.15, 0.2) is 48.5 Å². The molecule has 0 saturated carbocycles. The van der Waals surface area contributed by atoms with Crippen molar-refractivity contribution >= 4 is 40.9 Å². The molecule has 3 saturated heterocycles. The van der Waals surface area contributed by atoms with Crippen molar-refractivity contribution in [1.82, 2.24) is 4.90 Å². The number of benzene rings is 2. The second kappa shape index (κ2) is 11.0. The fourth-order valence-electron chi connectivity index (χ4n) is 7.06. The smallest absolute Gasteiger partial charge is 0.248 e. The van der Waals surface area contributed by atoms with Crippen LogP contribution in [-0.4, -0.2) is 56.4 Å². The molecule has 3 N–H and O–H groups in total. The van der Waals surface area contributed by atoms with Crippen molar-refractivity contribution in [3.05, 3.63) is 59.7 Å². The van der Waals surface area contributed by atoms with E-state index in [1.54, 1.807) is 16.7 Å². The second-order valence-corrected chi connectivity index (χ2v) is 13.4. The molecular formula is C31H39N3O4S. The third-order valence-electron chi connectivity index (χ3n) is 8.89. The lowest BCUT2D eigenvalue weighted by atomic mass is 9.66.